The first-order valence-corrected chi connectivity index (χ1v) is 12.9. The molecule has 1 aliphatic rings. The van der Waals surface area contributed by atoms with Gasteiger partial charge in [0.25, 0.3) is 15.9 Å². The number of amides is 1. The molecule has 190 valence electrons. The van der Waals surface area contributed by atoms with Gasteiger partial charge in [-0.15, -0.1) is 0 Å². The van der Waals surface area contributed by atoms with E-state index in [9.17, 15) is 26.4 Å². The van der Waals surface area contributed by atoms with E-state index in [2.05, 4.69) is 9.62 Å². The van der Waals surface area contributed by atoms with Crippen LogP contribution < -0.4 is 4.72 Å². The summed E-state index contributed by atoms with van der Waals surface area (Å²) in [5.41, 5.74) is -0.0464. The molecule has 6 nitrogen and oxygen atoms in total. The molecule has 0 unspecified atom stereocenters. The van der Waals surface area contributed by atoms with E-state index in [1.165, 1.54) is 23.8 Å². The molecule has 1 amide bonds. The number of carbonyl (C=O) groups excluding carboxylic acids is 1. The summed E-state index contributed by atoms with van der Waals surface area (Å²) in [5, 5.41) is 0.0877. The van der Waals surface area contributed by atoms with Gasteiger partial charge in [0.05, 0.1) is 21.0 Å². The third kappa shape index (κ3) is 6.18. The highest BCUT2D eigenvalue weighted by Crippen LogP contribution is 2.31. The van der Waals surface area contributed by atoms with Crippen LogP contribution in [-0.4, -0.2) is 50.3 Å². The molecule has 1 fully saturated rings. The van der Waals surface area contributed by atoms with Crippen molar-refractivity contribution < 1.29 is 26.4 Å². The summed E-state index contributed by atoms with van der Waals surface area (Å²) < 4.78 is 66.8. The second-order valence-electron chi connectivity index (χ2n) is 8.38. The van der Waals surface area contributed by atoms with Crippen molar-refractivity contribution in [3.8, 4) is 0 Å². The number of carbonyl (C=O) groups is 1. The Hall–Kier alpha value is -3.08. The molecule has 0 atom stereocenters. The molecular weight excluding hydrogens is 515 g/mol. The second-order valence-corrected chi connectivity index (χ2v) is 10.5. The molecule has 11 heteroatoms. The number of sulfonamides is 1. The van der Waals surface area contributed by atoms with Crippen LogP contribution in [0.3, 0.4) is 0 Å². The van der Waals surface area contributed by atoms with Crippen LogP contribution in [-0.2, 0) is 22.7 Å². The number of alkyl halides is 3. The average molecular weight is 538 g/mol. The van der Waals surface area contributed by atoms with Gasteiger partial charge in [-0.1, -0.05) is 48.0 Å². The Balaban J connectivity index is 1.47. The third-order valence-electron chi connectivity index (χ3n) is 5.83. The SMILES string of the molecule is O=C(c1cc(S(=O)(=O)Nc2cccc(C(F)(F)F)c2)ccc1Cl)N1CCN(Cc2ccccc2)CC1. The van der Waals surface area contributed by atoms with Crippen molar-refractivity contribution in [2.45, 2.75) is 17.6 Å². The molecule has 0 aliphatic carbocycles. The van der Waals surface area contributed by atoms with E-state index in [1.807, 2.05) is 30.3 Å². The molecule has 0 saturated carbocycles. The standard InChI is InChI=1S/C25H23ClF3N3O3S/c26-23-10-9-21(36(34,35)30-20-8-4-7-19(15-20)25(27,28)29)16-22(23)24(33)32-13-11-31(12-14-32)17-18-5-2-1-3-6-18/h1-10,15-16,30H,11-14,17H2. The predicted molar refractivity (Wildman–Crippen MR) is 131 cm³/mol. The Labute approximate surface area is 212 Å². The topological polar surface area (TPSA) is 69.7 Å². The Morgan fingerprint density at radius 1 is 0.917 bits per heavy atom. The van der Waals surface area contributed by atoms with Gasteiger partial charge in [0.2, 0.25) is 0 Å². The fourth-order valence-corrected chi connectivity index (χ4v) is 5.20. The number of anilines is 1. The van der Waals surface area contributed by atoms with Crippen molar-refractivity contribution in [3.05, 3.63) is 94.5 Å². The summed E-state index contributed by atoms with van der Waals surface area (Å²) in [6.45, 7) is 2.95. The Kier molecular flexibility index (Phi) is 7.58. The van der Waals surface area contributed by atoms with Crippen molar-refractivity contribution >= 4 is 33.2 Å². The highest BCUT2D eigenvalue weighted by molar-refractivity contribution is 7.92. The van der Waals surface area contributed by atoms with Crippen LogP contribution in [0.2, 0.25) is 5.02 Å². The summed E-state index contributed by atoms with van der Waals surface area (Å²) >= 11 is 6.23. The van der Waals surface area contributed by atoms with Crippen molar-refractivity contribution in [3.63, 3.8) is 0 Å². The first kappa shape index (κ1) is 26.0. The summed E-state index contributed by atoms with van der Waals surface area (Å²) in [4.78, 5) is 16.7. The number of nitrogens with one attached hydrogen (secondary N) is 1. The van der Waals surface area contributed by atoms with Gasteiger partial charge in [-0.25, -0.2) is 8.42 Å². The third-order valence-corrected chi connectivity index (χ3v) is 7.54. The number of rotatable bonds is 6. The second kappa shape index (κ2) is 10.5. The highest BCUT2D eigenvalue weighted by Gasteiger charge is 2.31. The molecule has 1 heterocycles. The lowest BCUT2D eigenvalue weighted by atomic mass is 10.1. The average Bonchev–Trinajstić information content (AvgIpc) is 2.84. The molecule has 36 heavy (non-hydrogen) atoms. The molecular formula is C25H23ClF3N3O3S. The Morgan fingerprint density at radius 2 is 1.61 bits per heavy atom. The van der Waals surface area contributed by atoms with Gasteiger partial charge in [0, 0.05) is 38.4 Å². The fraction of sp³-hybridized carbons (Fsp3) is 0.240. The molecule has 3 aromatic rings. The van der Waals surface area contributed by atoms with E-state index >= 15 is 0 Å². The lowest BCUT2D eigenvalue weighted by Gasteiger charge is -2.35. The zero-order chi connectivity index (χ0) is 25.9. The monoisotopic (exact) mass is 537 g/mol. The maximum atomic E-state index is 13.2. The van der Waals surface area contributed by atoms with Crippen LogP contribution >= 0.6 is 11.6 Å². The first-order chi connectivity index (χ1) is 17.0. The normalized spacial score (nSPS) is 15.1. The van der Waals surface area contributed by atoms with Crippen LogP contribution in [0.25, 0.3) is 0 Å². The van der Waals surface area contributed by atoms with Crippen LogP contribution in [0.4, 0.5) is 18.9 Å². The fourth-order valence-electron chi connectivity index (χ4n) is 3.93. The largest absolute Gasteiger partial charge is 0.416 e. The van der Waals surface area contributed by atoms with Crippen LogP contribution in [0.5, 0.6) is 0 Å². The van der Waals surface area contributed by atoms with E-state index in [4.69, 9.17) is 11.6 Å². The molecule has 0 bridgehead atoms. The van der Waals surface area contributed by atoms with Gasteiger partial charge < -0.3 is 4.90 Å². The van der Waals surface area contributed by atoms with Gasteiger partial charge in [0.1, 0.15) is 0 Å². The van der Waals surface area contributed by atoms with Crippen molar-refractivity contribution in [2.24, 2.45) is 0 Å². The van der Waals surface area contributed by atoms with Gasteiger partial charge in [0.15, 0.2) is 0 Å². The lowest BCUT2D eigenvalue weighted by Crippen LogP contribution is -2.48. The molecule has 0 spiro atoms. The molecule has 0 aromatic heterocycles. The molecule has 0 radical (unpaired) electrons. The molecule has 1 aliphatic heterocycles. The minimum atomic E-state index is -4.62. The number of piperazine rings is 1. The maximum Gasteiger partial charge on any atom is 0.416 e. The minimum Gasteiger partial charge on any atom is -0.336 e. The summed E-state index contributed by atoms with van der Waals surface area (Å²) in [6.07, 6.45) is -4.62. The number of nitrogens with zero attached hydrogens (tertiary/aromatic N) is 2. The van der Waals surface area contributed by atoms with Gasteiger partial charge in [-0.2, -0.15) is 13.2 Å². The zero-order valence-corrected chi connectivity index (χ0v) is 20.6. The van der Waals surface area contributed by atoms with E-state index in [0.717, 1.165) is 24.7 Å². The van der Waals surface area contributed by atoms with Crippen LogP contribution in [0.15, 0.2) is 77.7 Å². The smallest absolute Gasteiger partial charge is 0.336 e. The number of hydrogen-bond acceptors (Lipinski definition) is 4. The first-order valence-electron chi connectivity index (χ1n) is 11.1. The minimum absolute atomic E-state index is 0.0140. The van der Waals surface area contributed by atoms with E-state index in [0.29, 0.717) is 32.2 Å². The zero-order valence-electron chi connectivity index (χ0n) is 19.0. The van der Waals surface area contributed by atoms with E-state index in [1.54, 1.807) is 4.90 Å². The summed E-state index contributed by atoms with van der Waals surface area (Å²) in [7, 11) is -4.28. The maximum absolute atomic E-state index is 13.2. The lowest BCUT2D eigenvalue weighted by molar-refractivity contribution is -0.137. The van der Waals surface area contributed by atoms with E-state index < -0.39 is 27.7 Å². The summed E-state index contributed by atoms with van der Waals surface area (Å²) in [5.74, 6) is -0.407. The number of benzene rings is 3. The molecule has 3 aromatic carbocycles. The van der Waals surface area contributed by atoms with Crippen molar-refractivity contribution in [1.29, 1.82) is 0 Å². The van der Waals surface area contributed by atoms with Crippen molar-refractivity contribution in [2.75, 3.05) is 30.9 Å². The number of halogens is 4. The molecule has 1 N–H and O–H groups in total. The van der Waals surface area contributed by atoms with Crippen LogP contribution in [0.1, 0.15) is 21.5 Å². The molecule has 4 rings (SSSR count). The highest BCUT2D eigenvalue weighted by atomic mass is 35.5. The predicted octanol–water partition coefficient (Wildman–Crippen LogP) is 5.12. The van der Waals surface area contributed by atoms with E-state index in [-0.39, 0.29) is 21.2 Å². The van der Waals surface area contributed by atoms with Crippen LogP contribution in [0, 0.1) is 0 Å². The van der Waals surface area contributed by atoms with Gasteiger partial charge >= 0.3 is 6.18 Å². The quantitative estimate of drug-likeness (QED) is 0.474. The molecule has 1 saturated heterocycles. The Bertz CT molecular complexity index is 1340. The van der Waals surface area contributed by atoms with Gasteiger partial charge in [-0.3, -0.25) is 14.4 Å². The summed E-state index contributed by atoms with van der Waals surface area (Å²) in [6, 6.07) is 17.5. The number of hydrogen-bond donors (Lipinski definition) is 1. The van der Waals surface area contributed by atoms with Gasteiger partial charge in [-0.05, 0) is 42.0 Å². The Morgan fingerprint density at radius 3 is 2.28 bits per heavy atom. The van der Waals surface area contributed by atoms with Crippen molar-refractivity contribution in [1.82, 2.24) is 9.80 Å².